The van der Waals surface area contributed by atoms with Gasteiger partial charge in [-0.15, -0.1) is 0 Å². The van der Waals surface area contributed by atoms with Gasteiger partial charge in [-0.1, -0.05) is 11.6 Å². The van der Waals surface area contributed by atoms with Gasteiger partial charge in [-0.3, -0.25) is 9.69 Å². The van der Waals surface area contributed by atoms with Gasteiger partial charge >= 0.3 is 0 Å². The predicted molar refractivity (Wildman–Crippen MR) is 79.9 cm³/mol. The number of hydrogen-bond acceptors (Lipinski definition) is 3. The van der Waals surface area contributed by atoms with Crippen LogP contribution in [-0.4, -0.2) is 43.0 Å². The molecule has 1 rings (SSSR count). The van der Waals surface area contributed by atoms with Crippen LogP contribution < -0.4 is 11.1 Å². The fourth-order valence-corrected chi connectivity index (χ4v) is 2.36. The number of unbranched alkanes of at least 4 members (excludes halogenated alkanes) is 1. The first kappa shape index (κ1) is 16.2. The zero-order valence-electron chi connectivity index (χ0n) is 12.5. The third-order valence-corrected chi connectivity index (χ3v) is 3.63. The van der Waals surface area contributed by atoms with E-state index in [-0.39, 0.29) is 5.91 Å². The number of piperidine rings is 1. The van der Waals surface area contributed by atoms with Gasteiger partial charge in [0.2, 0.25) is 5.91 Å². The fraction of sp³-hybridized carbons (Fsp3) is 0.800. The molecule has 0 saturated carbocycles. The standard InChI is InChI=1S/C15H29N3O/c1-13(2)6-10-18-11-7-14(8-12-18)17-9-4-3-5-15(16)19/h6,14,17H,3-5,7-12H2,1-2H3,(H2,16,19). The monoisotopic (exact) mass is 267 g/mol. The molecule has 1 amide bonds. The molecule has 0 atom stereocenters. The fourth-order valence-electron chi connectivity index (χ4n) is 2.36. The van der Waals surface area contributed by atoms with E-state index in [1.807, 2.05) is 0 Å². The third kappa shape index (κ3) is 8.01. The second-order valence-electron chi connectivity index (χ2n) is 5.73. The maximum Gasteiger partial charge on any atom is 0.217 e. The zero-order valence-corrected chi connectivity index (χ0v) is 12.5. The summed E-state index contributed by atoms with van der Waals surface area (Å²) in [6.45, 7) is 8.77. The van der Waals surface area contributed by atoms with Crippen LogP contribution in [0.1, 0.15) is 46.0 Å². The summed E-state index contributed by atoms with van der Waals surface area (Å²) in [5, 5.41) is 3.59. The number of hydrogen-bond donors (Lipinski definition) is 2. The van der Waals surface area contributed by atoms with Crippen molar-refractivity contribution in [2.75, 3.05) is 26.2 Å². The summed E-state index contributed by atoms with van der Waals surface area (Å²) in [5.41, 5.74) is 6.51. The molecule has 0 bridgehead atoms. The summed E-state index contributed by atoms with van der Waals surface area (Å²) < 4.78 is 0. The summed E-state index contributed by atoms with van der Waals surface area (Å²) in [6.07, 6.45) is 7.22. The van der Waals surface area contributed by atoms with Crippen LogP contribution in [0.2, 0.25) is 0 Å². The van der Waals surface area contributed by atoms with Crippen LogP contribution in [0.4, 0.5) is 0 Å². The summed E-state index contributed by atoms with van der Waals surface area (Å²) in [5.74, 6) is -0.187. The predicted octanol–water partition coefficient (Wildman–Crippen LogP) is 1.66. The number of likely N-dealkylation sites (tertiary alicyclic amines) is 1. The Hall–Kier alpha value is -0.870. The Kier molecular flexibility index (Phi) is 7.75. The minimum Gasteiger partial charge on any atom is -0.370 e. The van der Waals surface area contributed by atoms with E-state index in [0.29, 0.717) is 12.5 Å². The lowest BCUT2D eigenvalue weighted by molar-refractivity contribution is -0.118. The SMILES string of the molecule is CC(C)=CCN1CCC(NCCCCC(N)=O)CC1. The molecule has 110 valence electrons. The lowest BCUT2D eigenvalue weighted by Gasteiger charge is -2.31. The van der Waals surface area contributed by atoms with E-state index in [2.05, 4.69) is 30.1 Å². The lowest BCUT2D eigenvalue weighted by Crippen LogP contribution is -2.42. The number of nitrogens with one attached hydrogen (secondary N) is 1. The van der Waals surface area contributed by atoms with Crippen molar-refractivity contribution in [3.05, 3.63) is 11.6 Å². The topological polar surface area (TPSA) is 58.4 Å². The summed E-state index contributed by atoms with van der Waals surface area (Å²) >= 11 is 0. The number of nitrogens with two attached hydrogens (primary N) is 1. The van der Waals surface area contributed by atoms with Crippen molar-refractivity contribution in [2.24, 2.45) is 5.73 Å². The van der Waals surface area contributed by atoms with Crippen LogP contribution in [0.25, 0.3) is 0 Å². The summed E-state index contributed by atoms with van der Waals surface area (Å²) in [7, 11) is 0. The van der Waals surface area contributed by atoms with Gasteiger partial charge in [-0.25, -0.2) is 0 Å². The first-order valence-electron chi connectivity index (χ1n) is 7.45. The average molecular weight is 267 g/mol. The zero-order chi connectivity index (χ0) is 14.1. The van der Waals surface area contributed by atoms with Crippen LogP contribution in [0.5, 0.6) is 0 Å². The number of primary amides is 1. The molecule has 0 aliphatic carbocycles. The highest BCUT2D eigenvalue weighted by molar-refractivity contribution is 5.73. The highest BCUT2D eigenvalue weighted by atomic mass is 16.1. The molecule has 1 saturated heterocycles. The molecule has 3 N–H and O–H groups in total. The minimum atomic E-state index is -0.187. The quantitative estimate of drug-likeness (QED) is 0.519. The minimum absolute atomic E-state index is 0.187. The molecule has 1 heterocycles. The van der Waals surface area contributed by atoms with E-state index in [1.54, 1.807) is 0 Å². The first-order chi connectivity index (χ1) is 9.08. The molecule has 1 aliphatic heterocycles. The van der Waals surface area contributed by atoms with Crippen LogP contribution in [-0.2, 0) is 4.79 Å². The number of carbonyl (C=O) groups excluding carboxylic acids is 1. The Labute approximate surface area is 117 Å². The van der Waals surface area contributed by atoms with E-state index >= 15 is 0 Å². The van der Waals surface area contributed by atoms with Gasteiger partial charge in [-0.05, 0) is 59.2 Å². The number of rotatable bonds is 8. The largest absolute Gasteiger partial charge is 0.370 e. The van der Waals surface area contributed by atoms with Crippen LogP contribution >= 0.6 is 0 Å². The molecule has 0 aromatic heterocycles. The first-order valence-corrected chi connectivity index (χ1v) is 7.45. The van der Waals surface area contributed by atoms with Gasteiger partial charge in [0.05, 0.1) is 0 Å². The van der Waals surface area contributed by atoms with Gasteiger partial charge in [0, 0.05) is 19.0 Å². The Morgan fingerprint density at radius 2 is 2.00 bits per heavy atom. The van der Waals surface area contributed by atoms with Crippen molar-refractivity contribution >= 4 is 5.91 Å². The number of amides is 1. The van der Waals surface area contributed by atoms with Gasteiger partial charge in [0.1, 0.15) is 0 Å². The molecule has 1 fully saturated rings. The maximum atomic E-state index is 10.6. The molecule has 19 heavy (non-hydrogen) atoms. The molecule has 0 radical (unpaired) electrons. The normalized spacial score (nSPS) is 17.4. The van der Waals surface area contributed by atoms with Crippen molar-refractivity contribution in [2.45, 2.75) is 52.0 Å². The highest BCUT2D eigenvalue weighted by Crippen LogP contribution is 2.10. The molecule has 0 aromatic rings. The van der Waals surface area contributed by atoms with E-state index in [0.717, 1.165) is 25.9 Å². The van der Waals surface area contributed by atoms with Crippen LogP contribution in [0.15, 0.2) is 11.6 Å². The third-order valence-electron chi connectivity index (χ3n) is 3.63. The molecule has 0 unspecified atom stereocenters. The number of carbonyl (C=O) groups is 1. The van der Waals surface area contributed by atoms with Crippen molar-refractivity contribution in [3.63, 3.8) is 0 Å². The van der Waals surface area contributed by atoms with Gasteiger partial charge in [0.15, 0.2) is 0 Å². The highest BCUT2D eigenvalue weighted by Gasteiger charge is 2.17. The van der Waals surface area contributed by atoms with Crippen molar-refractivity contribution in [1.29, 1.82) is 0 Å². The molecular formula is C15H29N3O. The van der Waals surface area contributed by atoms with Gasteiger partial charge in [0.25, 0.3) is 0 Å². The maximum absolute atomic E-state index is 10.6. The Bertz CT molecular complexity index is 290. The Morgan fingerprint density at radius 3 is 2.58 bits per heavy atom. The molecule has 1 aliphatic rings. The van der Waals surface area contributed by atoms with E-state index in [9.17, 15) is 4.79 Å². The molecule has 4 nitrogen and oxygen atoms in total. The van der Waals surface area contributed by atoms with Crippen molar-refractivity contribution < 1.29 is 4.79 Å². The van der Waals surface area contributed by atoms with E-state index in [1.165, 1.54) is 31.5 Å². The molecule has 0 spiro atoms. The summed E-state index contributed by atoms with van der Waals surface area (Å²) in [6, 6.07) is 0.650. The van der Waals surface area contributed by atoms with E-state index < -0.39 is 0 Å². The Balaban J connectivity index is 2.03. The number of nitrogens with zero attached hydrogens (tertiary/aromatic N) is 1. The molecule has 4 heteroatoms. The molecular weight excluding hydrogens is 238 g/mol. The van der Waals surface area contributed by atoms with Gasteiger partial charge < -0.3 is 11.1 Å². The van der Waals surface area contributed by atoms with Crippen LogP contribution in [0, 0.1) is 0 Å². The van der Waals surface area contributed by atoms with Crippen molar-refractivity contribution in [3.8, 4) is 0 Å². The molecule has 0 aromatic carbocycles. The van der Waals surface area contributed by atoms with E-state index in [4.69, 9.17) is 5.73 Å². The summed E-state index contributed by atoms with van der Waals surface area (Å²) in [4.78, 5) is 13.1. The van der Waals surface area contributed by atoms with Gasteiger partial charge in [-0.2, -0.15) is 0 Å². The lowest BCUT2D eigenvalue weighted by atomic mass is 10.0. The average Bonchev–Trinajstić information content (AvgIpc) is 2.37. The Morgan fingerprint density at radius 1 is 1.32 bits per heavy atom. The van der Waals surface area contributed by atoms with Crippen molar-refractivity contribution in [1.82, 2.24) is 10.2 Å². The second kappa shape index (κ2) is 9.10. The smallest absolute Gasteiger partial charge is 0.217 e. The van der Waals surface area contributed by atoms with Crippen LogP contribution in [0.3, 0.4) is 0 Å². The second-order valence-corrected chi connectivity index (χ2v) is 5.73. The number of allylic oxidation sites excluding steroid dienone is 1.